The van der Waals surface area contributed by atoms with Crippen LogP contribution in [0.1, 0.15) is 13.3 Å². The lowest BCUT2D eigenvalue weighted by molar-refractivity contribution is 0.710. The summed E-state index contributed by atoms with van der Waals surface area (Å²) in [6.07, 6.45) is 7.61. The normalized spacial score (nSPS) is 20.4. The molecule has 1 N–H and O–H groups in total. The Bertz CT molecular complexity index is 349. The summed E-state index contributed by atoms with van der Waals surface area (Å²) in [5, 5.41) is 3.42. The molecule has 0 radical (unpaired) electrons. The van der Waals surface area contributed by atoms with Crippen molar-refractivity contribution in [3.63, 3.8) is 0 Å². The average molecular weight is 185 g/mol. The fourth-order valence-electron chi connectivity index (χ4n) is 1.64. The van der Waals surface area contributed by atoms with Crippen molar-refractivity contribution in [1.29, 1.82) is 0 Å². The van der Waals surface area contributed by atoms with E-state index in [4.69, 9.17) is 0 Å². The molecule has 14 heavy (non-hydrogen) atoms. The Morgan fingerprint density at radius 2 is 2.00 bits per heavy atom. The van der Waals surface area contributed by atoms with Crippen molar-refractivity contribution in [2.75, 3.05) is 5.32 Å². The first-order valence-electron chi connectivity index (χ1n) is 5.04. The minimum absolute atomic E-state index is 0.645. The molecule has 1 unspecified atom stereocenters. The molecular weight excluding hydrogens is 170 g/mol. The van der Waals surface area contributed by atoms with E-state index in [2.05, 4.69) is 42.6 Å². The minimum atomic E-state index is 0.645. The molecule has 0 aromatic heterocycles. The van der Waals surface area contributed by atoms with Crippen LogP contribution >= 0.6 is 0 Å². The molecule has 72 valence electrons. The Morgan fingerprint density at radius 3 is 2.71 bits per heavy atom. The highest BCUT2D eigenvalue weighted by atomic mass is 14.9. The maximum absolute atomic E-state index is 3.42. The van der Waals surface area contributed by atoms with Crippen LogP contribution in [-0.2, 0) is 0 Å². The largest absolute Gasteiger partial charge is 0.359 e. The van der Waals surface area contributed by atoms with Crippen LogP contribution in [0.15, 0.2) is 54.3 Å². The standard InChI is InChI=1S/C13H15N/c1-11-6-5-9-13(10-11)14-12-7-3-2-4-8-12/h2-9,11,14H,10H2,1H3. The molecule has 1 aliphatic carbocycles. The van der Waals surface area contributed by atoms with Gasteiger partial charge in [0.1, 0.15) is 0 Å². The third-order valence-corrected chi connectivity index (χ3v) is 2.36. The molecule has 2 rings (SSSR count). The third kappa shape index (κ3) is 2.25. The van der Waals surface area contributed by atoms with Crippen LogP contribution in [0.25, 0.3) is 0 Å². The van der Waals surface area contributed by atoms with Gasteiger partial charge in [-0.2, -0.15) is 0 Å². The molecule has 0 saturated heterocycles. The Balaban J connectivity index is 2.05. The Morgan fingerprint density at radius 1 is 1.21 bits per heavy atom. The first-order valence-corrected chi connectivity index (χ1v) is 5.04. The summed E-state index contributed by atoms with van der Waals surface area (Å²) in [4.78, 5) is 0. The molecule has 1 aromatic rings. The van der Waals surface area contributed by atoms with Crippen LogP contribution in [0.4, 0.5) is 5.69 Å². The lowest BCUT2D eigenvalue weighted by atomic mass is 10.0. The summed E-state index contributed by atoms with van der Waals surface area (Å²) in [5.74, 6) is 0.645. The molecular formula is C13H15N. The Labute approximate surface area is 85.2 Å². The van der Waals surface area contributed by atoms with Crippen molar-refractivity contribution >= 4 is 5.69 Å². The van der Waals surface area contributed by atoms with Crippen molar-refractivity contribution in [1.82, 2.24) is 0 Å². The highest BCUT2D eigenvalue weighted by Gasteiger charge is 2.05. The van der Waals surface area contributed by atoms with E-state index in [1.807, 2.05) is 18.2 Å². The van der Waals surface area contributed by atoms with Crippen LogP contribution in [0.5, 0.6) is 0 Å². The molecule has 1 atom stereocenters. The second-order valence-corrected chi connectivity index (χ2v) is 3.75. The number of rotatable bonds is 2. The van der Waals surface area contributed by atoms with E-state index >= 15 is 0 Å². The van der Waals surface area contributed by atoms with Gasteiger partial charge in [-0.25, -0.2) is 0 Å². The smallest absolute Gasteiger partial charge is 0.0381 e. The molecule has 0 heterocycles. The van der Waals surface area contributed by atoms with E-state index in [0.717, 1.165) is 6.42 Å². The summed E-state index contributed by atoms with van der Waals surface area (Å²) < 4.78 is 0. The van der Waals surface area contributed by atoms with Crippen molar-refractivity contribution < 1.29 is 0 Å². The van der Waals surface area contributed by atoms with E-state index in [1.54, 1.807) is 0 Å². The number of nitrogens with one attached hydrogen (secondary N) is 1. The quantitative estimate of drug-likeness (QED) is 0.742. The molecule has 0 aliphatic heterocycles. The Kier molecular flexibility index (Phi) is 2.68. The van der Waals surface area contributed by atoms with E-state index in [-0.39, 0.29) is 0 Å². The number of para-hydroxylation sites is 1. The summed E-state index contributed by atoms with van der Waals surface area (Å²) in [6.45, 7) is 2.23. The van der Waals surface area contributed by atoms with Crippen LogP contribution in [0.2, 0.25) is 0 Å². The zero-order valence-electron chi connectivity index (χ0n) is 8.40. The van der Waals surface area contributed by atoms with E-state index < -0.39 is 0 Å². The van der Waals surface area contributed by atoms with Crippen molar-refractivity contribution in [3.8, 4) is 0 Å². The first kappa shape index (κ1) is 9.07. The molecule has 1 aliphatic rings. The summed E-state index contributed by atoms with van der Waals surface area (Å²) >= 11 is 0. The van der Waals surface area contributed by atoms with Gasteiger partial charge in [0.05, 0.1) is 0 Å². The van der Waals surface area contributed by atoms with Gasteiger partial charge < -0.3 is 5.32 Å². The van der Waals surface area contributed by atoms with E-state index in [9.17, 15) is 0 Å². The third-order valence-electron chi connectivity index (χ3n) is 2.36. The van der Waals surface area contributed by atoms with Crippen molar-refractivity contribution in [3.05, 3.63) is 54.3 Å². The predicted molar refractivity (Wildman–Crippen MR) is 61.1 cm³/mol. The summed E-state index contributed by atoms with van der Waals surface area (Å²) in [6, 6.07) is 10.3. The van der Waals surface area contributed by atoms with Gasteiger partial charge in [-0.1, -0.05) is 37.3 Å². The monoisotopic (exact) mass is 185 g/mol. The topological polar surface area (TPSA) is 12.0 Å². The SMILES string of the molecule is CC1C=CC=C(Nc2ccccc2)C1. The van der Waals surface area contributed by atoms with Gasteiger partial charge in [0.15, 0.2) is 0 Å². The Hall–Kier alpha value is -1.50. The number of anilines is 1. The number of benzene rings is 1. The van der Waals surface area contributed by atoms with E-state index in [0.29, 0.717) is 5.92 Å². The molecule has 0 bridgehead atoms. The molecule has 1 aromatic carbocycles. The number of hydrogen-bond acceptors (Lipinski definition) is 1. The molecule has 0 fully saturated rings. The summed E-state index contributed by atoms with van der Waals surface area (Å²) in [5.41, 5.74) is 2.47. The van der Waals surface area contributed by atoms with Crippen LogP contribution in [-0.4, -0.2) is 0 Å². The lowest BCUT2D eigenvalue weighted by Gasteiger charge is -2.16. The highest BCUT2D eigenvalue weighted by molar-refractivity contribution is 5.48. The predicted octanol–water partition coefficient (Wildman–Crippen LogP) is 3.58. The number of hydrogen-bond donors (Lipinski definition) is 1. The minimum Gasteiger partial charge on any atom is -0.359 e. The van der Waals surface area contributed by atoms with Gasteiger partial charge in [-0.3, -0.25) is 0 Å². The van der Waals surface area contributed by atoms with E-state index in [1.165, 1.54) is 11.4 Å². The fourth-order valence-corrected chi connectivity index (χ4v) is 1.64. The van der Waals surface area contributed by atoms with Gasteiger partial charge >= 0.3 is 0 Å². The fraction of sp³-hybridized carbons (Fsp3) is 0.231. The molecule has 0 spiro atoms. The second-order valence-electron chi connectivity index (χ2n) is 3.75. The van der Waals surface area contributed by atoms with Gasteiger partial charge in [-0.05, 0) is 30.5 Å². The van der Waals surface area contributed by atoms with Gasteiger partial charge in [-0.15, -0.1) is 0 Å². The average Bonchev–Trinajstić information content (AvgIpc) is 2.19. The van der Waals surface area contributed by atoms with Crippen molar-refractivity contribution in [2.24, 2.45) is 5.92 Å². The maximum Gasteiger partial charge on any atom is 0.0381 e. The summed E-state index contributed by atoms with van der Waals surface area (Å²) in [7, 11) is 0. The number of allylic oxidation sites excluding steroid dienone is 4. The first-order chi connectivity index (χ1) is 6.84. The van der Waals surface area contributed by atoms with Crippen LogP contribution in [0, 0.1) is 5.92 Å². The van der Waals surface area contributed by atoms with Crippen molar-refractivity contribution in [2.45, 2.75) is 13.3 Å². The van der Waals surface area contributed by atoms with Gasteiger partial charge in [0, 0.05) is 11.4 Å². The van der Waals surface area contributed by atoms with Crippen LogP contribution < -0.4 is 5.32 Å². The zero-order chi connectivity index (χ0) is 9.80. The zero-order valence-corrected chi connectivity index (χ0v) is 8.40. The molecule has 0 amide bonds. The molecule has 1 heteroatoms. The van der Waals surface area contributed by atoms with Gasteiger partial charge in [0.2, 0.25) is 0 Å². The second kappa shape index (κ2) is 4.14. The lowest BCUT2D eigenvalue weighted by Crippen LogP contribution is -2.05. The van der Waals surface area contributed by atoms with Crippen LogP contribution in [0.3, 0.4) is 0 Å². The maximum atomic E-state index is 3.42. The van der Waals surface area contributed by atoms with Gasteiger partial charge in [0.25, 0.3) is 0 Å². The molecule has 0 saturated carbocycles. The molecule has 1 nitrogen and oxygen atoms in total. The highest BCUT2D eigenvalue weighted by Crippen LogP contribution is 2.19.